The number of benzene rings is 3. The van der Waals surface area contributed by atoms with E-state index in [1.165, 1.54) is 0 Å². The Labute approximate surface area is 144 Å². The summed E-state index contributed by atoms with van der Waals surface area (Å²) in [6.45, 7) is 0. The molecule has 0 spiro atoms. The molecule has 0 heterocycles. The van der Waals surface area contributed by atoms with Gasteiger partial charge >= 0.3 is 0 Å². The summed E-state index contributed by atoms with van der Waals surface area (Å²) in [6.07, 6.45) is 0. The average molecular weight is 427 g/mol. The molecular formula is C17H11Br2ClO. The summed E-state index contributed by atoms with van der Waals surface area (Å²) in [4.78, 5) is 12.1. The number of Topliss-reactive ketones (excluding diaryl/α,β-unsaturated/α-hetero) is 1. The van der Waals surface area contributed by atoms with Gasteiger partial charge in [0, 0.05) is 21.3 Å². The second-order valence-corrected chi connectivity index (χ2v) is 6.99. The number of carbonyl (C=O) groups is 1. The smallest absolute Gasteiger partial charge is 0.177 e. The van der Waals surface area contributed by atoms with E-state index in [9.17, 15) is 4.79 Å². The van der Waals surface area contributed by atoms with Gasteiger partial charge in [0.1, 0.15) is 0 Å². The van der Waals surface area contributed by atoms with E-state index in [1.54, 1.807) is 0 Å². The lowest BCUT2D eigenvalue weighted by molar-refractivity contribution is 0.0997. The summed E-state index contributed by atoms with van der Waals surface area (Å²) in [5.41, 5.74) is 0.705. The van der Waals surface area contributed by atoms with E-state index in [4.69, 9.17) is 11.6 Å². The molecule has 0 aliphatic heterocycles. The van der Waals surface area contributed by atoms with Gasteiger partial charge in [-0.25, -0.2) is 0 Å². The molecule has 3 rings (SSSR count). The first kappa shape index (κ1) is 15.0. The van der Waals surface area contributed by atoms with Crippen molar-refractivity contribution < 1.29 is 4.79 Å². The van der Waals surface area contributed by atoms with Crippen LogP contribution in [0.3, 0.4) is 0 Å². The number of ketones is 1. The zero-order chi connectivity index (χ0) is 15.0. The third-order valence-electron chi connectivity index (χ3n) is 3.51. The number of carbonyl (C=O) groups excluding carboxylic acids is 1. The van der Waals surface area contributed by atoms with E-state index >= 15 is 0 Å². The van der Waals surface area contributed by atoms with Crippen molar-refractivity contribution in [3.05, 3.63) is 59.1 Å². The van der Waals surface area contributed by atoms with Gasteiger partial charge in [-0.2, -0.15) is 0 Å². The molecule has 1 nitrogen and oxygen atoms in total. The number of hydrogen-bond acceptors (Lipinski definition) is 1. The fourth-order valence-corrected chi connectivity index (χ4v) is 3.30. The first-order valence-electron chi connectivity index (χ1n) is 6.47. The van der Waals surface area contributed by atoms with Crippen LogP contribution in [-0.4, -0.2) is 15.9 Å². The predicted octanol–water partition coefficient (Wildman–Crippen LogP) is 5.99. The van der Waals surface area contributed by atoms with E-state index in [0.717, 1.165) is 26.6 Å². The highest BCUT2D eigenvalue weighted by Gasteiger charge is 2.16. The molecule has 0 N–H and O–H groups in total. The number of fused-ring (bicyclic) bond motifs is 3. The van der Waals surface area contributed by atoms with Crippen molar-refractivity contribution in [3.8, 4) is 0 Å². The summed E-state index contributed by atoms with van der Waals surface area (Å²) in [6, 6.07) is 15.7. The van der Waals surface area contributed by atoms with Crippen LogP contribution < -0.4 is 0 Å². The molecule has 0 aliphatic rings. The largest absolute Gasteiger partial charge is 0.293 e. The van der Waals surface area contributed by atoms with Gasteiger partial charge < -0.3 is 0 Å². The van der Waals surface area contributed by atoms with Crippen LogP contribution in [0.1, 0.15) is 10.4 Å². The Balaban J connectivity index is 2.28. The number of rotatable bonds is 3. The monoisotopic (exact) mass is 424 g/mol. The first-order valence-corrected chi connectivity index (χ1v) is 8.88. The Morgan fingerprint density at radius 3 is 2.48 bits per heavy atom. The Hall–Kier alpha value is -0.900. The second kappa shape index (κ2) is 6.07. The average Bonchev–Trinajstić information content (AvgIpc) is 2.53. The summed E-state index contributed by atoms with van der Waals surface area (Å²) in [5.74, 6) is 0.0767. The zero-order valence-electron chi connectivity index (χ0n) is 10.9. The van der Waals surface area contributed by atoms with Crippen molar-refractivity contribution in [2.24, 2.45) is 0 Å². The molecule has 3 aromatic rings. The van der Waals surface area contributed by atoms with Gasteiger partial charge in [0.05, 0.1) is 4.83 Å². The normalized spacial score (nSPS) is 12.7. The van der Waals surface area contributed by atoms with Crippen LogP contribution in [0, 0.1) is 0 Å². The molecule has 0 fully saturated rings. The Morgan fingerprint density at radius 1 is 1.05 bits per heavy atom. The maximum Gasteiger partial charge on any atom is 0.177 e. The standard InChI is InChI=1S/C17H11Br2ClO/c18-9-15(19)17(21)11-6-5-10-8-16(20)13-4-2-1-3-12(13)14(10)7-11/h1-8,15H,9H2/t15-/m1/s1. The lowest BCUT2D eigenvalue weighted by atomic mass is 9.98. The predicted molar refractivity (Wildman–Crippen MR) is 97.3 cm³/mol. The quantitative estimate of drug-likeness (QED) is 0.286. The molecule has 1 atom stereocenters. The summed E-state index contributed by atoms with van der Waals surface area (Å²) in [5, 5.41) is 5.49. The van der Waals surface area contributed by atoms with Gasteiger partial charge in [-0.05, 0) is 28.3 Å². The van der Waals surface area contributed by atoms with E-state index in [-0.39, 0.29) is 10.6 Å². The summed E-state index contributed by atoms with van der Waals surface area (Å²) in [7, 11) is 0. The maximum absolute atomic E-state index is 12.3. The number of halogens is 3. The molecule has 21 heavy (non-hydrogen) atoms. The lowest BCUT2D eigenvalue weighted by Crippen LogP contribution is -2.15. The van der Waals surface area contributed by atoms with Crippen molar-refractivity contribution in [1.29, 1.82) is 0 Å². The SMILES string of the molecule is O=C(c1ccc2cc(Cl)c3ccccc3c2c1)[C@H](Br)CBr. The highest BCUT2D eigenvalue weighted by Crippen LogP contribution is 2.32. The van der Waals surface area contributed by atoms with E-state index < -0.39 is 0 Å². The third-order valence-corrected chi connectivity index (χ3v) is 6.08. The molecule has 0 amide bonds. The van der Waals surface area contributed by atoms with Crippen LogP contribution in [0.5, 0.6) is 0 Å². The van der Waals surface area contributed by atoms with Gasteiger partial charge in [-0.15, -0.1) is 0 Å². The van der Waals surface area contributed by atoms with Crippen LogP contribution in [0.15, 0.2) is 48.5 Å². The minimum absolute atomic E-state index is 0.0767. The fourth-order valence-electron chi connectivity index (χ4n) is 2.46. The van der Waals surface area contributed by atoms with E-state index in [2.05, 4.69) is 31.9 Å². The molecular weight excluding hydrogens is 415 g/mol. The summed E-state index contributed by atoms with van der Waals surface area (Å²) < 4.78 is 0. The molecule has 0 aromatic heterocycles. The molecule has 0 saturated heterocycles. The minimum atomic E-state index is -0.214. The van der Waals surface area contributed by atoms with Crippen LogP contribution in [-0.2, 0) is 0 Å². The molecule has 0 radical (unpaired) electrons. The number of alkyl halides is 2. The van der Waals surface area contributed by atoms with E-state index in [0.29, 0.717) is 10.9 Å². The van der Waals surface area contributed by atoms with Crippen LogP contribution in [0.25, 0.3) is 21.5 Å². The molecule has 0 saturated carbocycles. The van der Waals surface area contributed by atoms with Gasteiger partial charge in [-0.3, -0.25) is 4.79 Å². The van der Waals surface area contributed by atoms with Crippen molar-refractivity contribution in [2.75, 3.05) is 5.33 Å². The third kappa shape index (κ3) is 2.75. The van der Waals surface area contributed by atoms with Crippen LogP contribution in [0.4, 0.5) is 0 Å². The summed E-state index contributed by atoms with van der Waals surface area (Å²) >= 11 is 13.0. The van der Waals surface area contributed by atoms with Crippen molar-refractivity contribution >= 4 is 70.8 Å². The Bertz CT molecular complexity index is 845. The van der Waals surface area contributed by atoms with Crippen LogP contribution in [0.2, 0.25) is 5.02 Å². The van der Waals surface area contributed by atoms with E-state index in [1.807, 2.05) is 48.5 Å². The molecule has 106 valence electrons. The Kier molecular flexibility index (Phi) is 4.34. The molecule has 4 heteroatoms. The minimum Gasteiger partial charge on any atom is -0.293 e. The first-order chi connectivity index (χ1) is 10.1. The van der Waals surface area contributed by atoms with Crippen molar-refractivity contribution in [3.63, 3.8) is 0 Å². The lowest BCUT2D eigenvalue weighted by Gasteiger charge is -2.09. The molecule has 0 bridgehead atoms. The van der Waals surface area contributed by atoms with Gasteiger partial charge in [0.25, 0.3) is 0 Å². The van der Waals surface area contributed by atoms with Crippen molar-refractivity contribution in [1.82, 2.24) is 0 Å². The Morgan fingerprint density at radius 2 is 1.76 bits per heavy atom. The molecule has 0 unspecified atom stereocenters. The highest BCUT2D eigenvalue weighted by molar-refractivity contribution is 9.12. The topological polar surface area (TPSA) is 17.1 Å². The second-order valence-electron chi connectivity index (χ2n) is 4.83. The molecule has 0 aliphatic carbocycles. The highest BCUT2D eigenvalue weighted by atomic mass is 79.9. The maximum atomic E-state index is 12.3. The van der Waals surface area contributed by atoms with Gasteiger partial charge in [0.2, 0.25) is 0 Å². The van der Waals surface area contributed by atoms with Gasteiger partial charge in [0.15, 0.2) is 5.78 Å². The van der Waals surface area contributed by atoms with Crippen molar-refractivity contribution in [2.45, 2.75) is 4.83 Å². The fraction of sp³-hybridized carbons (Fsp3) is 0.118. The molecule has 3 aromatic carbocycles. The van der Waals surface area contributed by atoms with Gasteiger partial charge in [-0.1, -0.05) is 79.9 Å². The van der Waals surface area contributed by atoms with Crippen LogP contribution >= 0.6 is 43.5 Å². The number of hydrogen-bond donors (Lipinski definition) is 0. The zero-order valence-corrected chi connectivity index (χ0v) is 14.9.